The molecule has 1 aromatic rings. The minimum Gasteiger partial charge on any atom is -0.465 e. The molecular weight excluding hydrogens is 190 g/mol. The molecule has 0 unspecified atom stereocenters. The van der Waals surface area contributed by atoms with Crippen molar-refractivity contribution < 1.29 is 9.53 Å². The van der Waals surface area contributed by atoms with Crippen molar-refractivity contribution in [2.24, 2.45) is 0 Å². The van der Waals surface area contributed by atoms with E-state index in [0.717, 1.165) is 13.1 Å². The Morgan fingerprint density at radius 2 is 2.00 bits per heavy atom. The average molecular weight is 207 g/mol. The second-order valence-corrected chi connectivity index (χ2v) is 3.56. The van der Waals surface area contributed by atoms with Crippen molar-refractivity contribution in [1.29, 1.82) is 0 Å². The van der Waals surface area contributed by atoms with E-state index in [1.807, 2.05) is 25.2 Å². The number of carbonyl (C=O) groups excluding carboxylic acids is 1. The molecule has 0 atom stereocenters. The molecular formula is C12H17NO2. The lowest BCUT2D eigenvalue weighted by Crippen LogP contribution is -2.23. The average Bonchev–Trinajstić information content (AvgIpc) is 2.18. The molecule has 0 amide bonds. The van der Waals surface area contributed by atoms with Crippen LogP contribution in [0.15, 0.2) is 30.3 Å². The summed E-state index contributed by atoms with van der Waals surface area (Å²) in [4.78, 5) is 12.7. The number of hydrogen-bond donors (Lipinski definition) is 0. The third-order valence-corrected chi connectivity index (χ3v) is 2.07. The summed E-state index contributed by atoms with van der Waals surface area (Å²) in [5, 5.41) is 0. The van der Waals surface area contributed by atoms with Crippen LogP contribution in [-0.4, -0.2) is 31.1 Å². The van der Waals surface area contributed by atoms with Crippen LogP contribution in [0.2, 0.25) is 0 Å². The SMILES string of the molecule is CC(=O)OCCN(C)Cc1ccccc1. The van der Waals surface area contributed by atoms with E-state index in [0.29, 0.717) is 6.61 Å². The van der Waals surface area contributed by atoms with Gasteiger partial charge in [-0.25, -0.2) is 0 Å². The van der Waals surface area contributed by atoms with Crippen molar-refractivity contribution in [3.05, 3.63) is 35.9 Å². The molecule has 1 aromatic carbocycles. The monoisotopic (exact) mass is 207 g/mol. The normalized spacial score (nSPS) is 10.3. The number of esters is 1. The summed E-state index contributed by atoms with van der Waals surface area (Å²) in [5.41, 5.74) is 1.27. The highest BCUT2D eigenvalue weighted by Gasteiger charge is 2.00. The number of carbonyl (C=O) groups is 1. The van der Waals surface area contributed by atoms with Gasteiger partial charge in [-0.1, -0.05) is 30.3 Å². The molecule has 3 heteroatoms. The molecule has 15 heavy (non-hydrogen) atoms. The number of hydrogen-bond acceptors (Lipinski definition) is 3. The van der Waals surface area contributed by atoms with Crippen LogP contribution in [-0.2, 0) is 16.1 Å². The largest absolute Gasteiger partial charge is 0.465 e. The Labute approximate surface area is 90.7 Å². The Morgan fingerprint density at radius 1 is 1.33 bits per heavy atom. The summed E-state index contributed by atoms with van der Waals surface area (Å²) in [6.45, 7) is 3.52. The van der Waals surface area contributed by atoms with Gasteiger partial charge in [-0.2, -0.15) is 0 Å². The van der Waals surface area contributed by atoms with Crippen molar-refractivity contribution in [3.63, 3.8) is 0 Å². The Morgan fingerprint density at radius 3 is 2.60 bits per heavy atom. The second-order valence-electron chi connectivity index (χ2n) is 3.56. The fraction of sp³-hybridized carbons (Fsp3) is 0.417. The lowest BCUT2D eigenvalue weighted by atomic mass is 10.2. The van der Waals surface area contributed by atoms with Crippen molar-refractivity contribution in [2.75, 3.05) is 20.2 Å². The molecule has 0 radical (unpaired) electrons. The summed E-state index contributed by atoms with van der Waals surface area (Å²) in [6.07, 6.45) is 0. The van der Waals surface area contributed by atoms with Gasteiger partial charge in [0.1, 0.15) is 6.61 Å². The molecule has 0 aliphatic carbocycles. The third kappa shape index (κ3) is 5.18. The standard InChI is InChI=1S/C12H17NO2/c1-11(14)15-9-8-13(2)10-12-6-4-3-5-7-12/h3-7H,8-10H2,1-2H3. The molecule has 0 spiro atoms. The number of rotatable bonds is 5. The van der Waals surface area contributed by atoms with Crippen LogP contribution in [0, 0.1) is 0 Å². The van der Waals surface area contributed by atoms with Crippen molar-refractivity contribution in [3.8, 4) is 0 Å². The maximum Gasteiger partial charge on any atom is 0.302 e. The van der Waals surface area contributed by atoms with Crippen LogP contribution in [0.3, 0.4) is 0 Å². The Balaban J connectivity index is 2.24. The molecule has 3 nitrogen and oxygen atoms in total. The van der Waals surface area contributed by atoms with E-state index in [1.54, 1.807) is 0 Å². The number of likely N-dealkylation sites (N-methyl/N-ethyl adjacent to an activating group) is 1. The van der Waals surface area contributed by atoms with Crippen LogP contribution in [0.4, 0.5) is 0 Å². The van der Waals surface area contributed by atoms with Crippen LogP contribution in [0.1, 0.15) is 12.5 Å². The molecule has 0 fully saturated rings. The first-order valence-corrected chi connectivity index (χ1v) is 5.04. The molecule has 0 aliphatic heterocycles. The van der Waals surface area contributed by atoms with Gasteiger partial charge in [0.2, 0.25) is 0 Å². The summed E-state index contributed by atoms with van der Waals surface area (Å²) >= 11 is 0. The molecule has 0 bridgehead atoms. The minimum absolute atomic E-state index is 0.219. The highest BCUT2D eigenvalue weighted by molar-refractivity contribution is 5.65. The minimum atomic E-state index is -0.219. The number of ether oxygens (including phenoxy) is 1. The van der Waals surface area contributed by atoms with Gasteiger partial charge in [0.05, 0.1) is 0 Å². The van der Waals surface area contributed by atoms with E-state index in [-0.39, 0.29) is 5.97 Å². The zero-order chi connectivity index (χ0) is 11.1. The van der Waals surface area contributed by atoms with Gasteiger partial charge in [0.15, 0.2) is 0 Å². The first-order chi connectivity index (χ1) is 7.18. The van der Waals surface area contributed by atoms with Gasteiger partial charge >= 0.3 is 5.97 Å². The topological polar surface area (TPSA) is 29.5 Å². The molecule has 0 aromatic heterocycles. The molecule has 0 N–H and O–H groups in total. The first kappa shape index (κ1) is 11.7. The molecule has 0 saturated heterocycles. The van der Waals surface area contributed by atoms with Gasteiger partial charge in [-0.05, 0) is 12.6 Å². The van der Waals surface area contributed by atoms with Crippen LogP contribution in [0.5, 0.6) is 0 Å². The number of benzene rings is 1. The smallest absolute Gasteiger partial charge is 0.302 e. The summed E-state index contributed by atoms with van der Waals surface area (Å²) in [6, 6.07) is 10.2. The van der Waals surface area contributed by atoms with E-state index >= 15 is 0 Å². The molecule has 1 rings (SSSR count). The van der Waals surface area contributed by atoms with E-state index in [2.05, 4.69) is 17.0 Å². The van der Waals surface area contributed by atoms with Crippen LogP contribution < -0.4 is 0 Å². The van der Waals surface area contributed by atoms with E-state index in [1.165, 1.54) is 12.5 Å². The maximum absolute atomic E-state index is 10.5. The fourth-order valence-corrected chi connectivity index (χ4v) is 1.32. The van der Waals surface area contributed by atoms with Crippen molar-refractivity contribution >= 4 is 5.97 Å². The van der Waals surface area contributed by atoms with Crippen LogP contribution >= 0.6 is 0 Å². The van der Waals surface area contributed by atoms with E-state index in [9.17, 15) is 4.79 Å². The van der Waals surface area contributed by atoms with Crippen LogP contribution in [0.25, 0.3) is 0 Å². The highest BCUT2D eigenvalue weighted by atomic mass is 16.5. The lowest BCUT2D eigenvalue weighted by molar-refractivity contribution is -0.141. The van der Waals surface area contributed by atoms with E-state index < -0.39 is 0 Å². The van der Waals surface area contributed by atoms with Gasteiger partial charge < -0.3 is 4.74 Å². The third-order valence-electron chi connectivity index (χ3n) is 2.07. The summed E-state index contributed by atoms with van der Waals surface area (Å²) in [7, 11) is 2.01. The number of nitrogens with zero attached hydrogens (tertiary/aromatic N) is 1. The lowest BCUT2D eigenvalue weighted by Gasteiger charge is -2.16. The van der Waals surface area contributed by atoms with Crippen molar-refractivity contribution in [2.45, 2.75) is 13.5 Å². The molecule has 82 valence electrons. The van der Waals surface area contributed by atoms with Gasteiger partial charge in [0, 0.05) is 20.0 Å². The second kappa shape index (κ2) is 6.19. The summed E-state index contributed by atoms with van der Waals surface area (Å²) in [5.74, 6) is -0.219. The molecule has 0 saturated carbocycles. The van der Waals surface area contributed by atoms with Gasteiger partial charge in [-0.15, -0.1) is 0 Å². The maximum atomic E-state index is 10.5. The zero-order valence-corrected chi connectivity index (χ0v) is 9.27. The summed E-state index contributed by atoms with van der Waals surface area (Å²) < 4.78 is 4.87. The molecule has 0 aliphatic rings. The van der Waals surface area contributed by atoms with Gasteiger partial charge in [-0.3, -0.25) is 9.69 Å². The quantitative estimate of drug-likeness (QED) is 0.688. The fourth-order valence-electron chi connectivity index (χ4n) is 1.32. The highest BCUT2D eigenvalue weighted by Crippen LogP contribution is 2.01. The van der Waals surface area contributed by atoms with Crippen molar-refractivity contribution in [1.82, 2.24) is 4.90 Å². The predicted molar refractivity (Wildman–Crippen MR) is 59.4 cm³/mol. The first-order valence-electron chi connectivity index (χ1n) is 5.04. The van der Waals surface area contributed by atoms with E-state index in [4.69, 9.17) is 4.74 Å². The Bertz CT molecular complexity index is 298. The van der Waals surface area contributed by atoms with Gasteiger partial charge in [0.25, 0.3) is 0 Å². The predicted octanol–water partition coefficient (Wildman–Crippen LogP) is 1.68. The Kier molecular flexibility index (Phi) is 4.84. The Hall–Kier alpha value is -1.35. The zero-order valence-electron chi connectivity index (χ0n) is 9.27. The molecule has 0 heterocycles.